The number of piperidine rings is 1. The molecular formula is C17H26ClFN4O. The van der Waals surface area contributed by atoms with Crippen molar-refractivity contribution in [2.24, 2.45) is 0 Å². The maximum atomic E-state index is 14.0. The Morgan fingerprint density at radius 1 is 1.46 bits per heavy atom. The predicted molar refractivity (Wildman–Crippen MR) is 96.0 cm³/mol. The second-order valence-electron chi connectivity index (χ2n) is 6.48. The number of carbonyl (C=O) groups is 1. The van der Waals surface area contributed by atoms with Gasteiger partial charge in [0.2, 0.25) is 5.91 Å². The third-order valence-electron chi connectivity index (χ3n) is 4.12. The molecule has 0 radical (unpaired) electrons. The van der Waals surface area contributed by atoms with E-state index in [-0.39, 0.29) is 23.0 Å². The number of nitrogens with zero attached hydrogens (tertiary/aromatic N) is 1. The van der Waals surface area contributed by atoms with Crippen molar-refractivity contribution >= 4 is 23.2 Å². The standard InChI is InChI=1S/C17H26ClFN4O/c1-23(2)9-8-21-16(24)11-13-10-12(6-7-20-13)22-15-5-3-4-14(18)17(15)19/h3-5,12-13,20,22H,6-11H2,1-2H3,(H,21,24). The van der Waals surface area contributed by atoms with Crippen molar-refractivity contribution in [1.82, 2.24) is 15.5 Å². The normalized spacial score (nSPS) is 20.9. The van der Waals surface area contributed by atoms with E-state index in [1.54, 1.807) is 12.1 Å². The first-order chi connectivity index (χ1) is 11.5. The Bertz CT molecular complexity index is 555. The zero-order valence-electron chi connectivity index (χ0n) is 14.2. The molecule has 3 N–H and O–H groups in total. The molecule has 0 spiro atoms. The summed E-state index contributed by atoms with van der Waals surface area (Å²) < 4.78 is 14.0. The summed E-state index contributed by atoms with van der Waals surface area (Å²) in [4.78, 5) is 14.0. The zero-order valence-corrected chi connectivity index (χ0v) is 15.0. The number of anilines is 1. The van der Waals surface area contributed by atoms with Gasteiger partial charge in [-0.2, -0.15) is 0 Å². The minimum Gasteiger partial charge on any atom is -0.380 e. The highest BCUT2D eigenvalue weighted by Crippen LogP contribution is 2.24. The molecule has 0 aliphatic carbocycles. The average Bonchev–Trinajstić information content (AvgIpc) is 2.52. The van der Waals surface area contributed by atoms with E-state index in [4.69, 9.17) is 11.6 Å². The maximum absolute atomic E-state index is 14.0. The molecule has 1 aromatic rings. The number of nitrogens with one attached hydrogen (secondary N) is 3. The minimum absolute atomic E-state index is 0.0453. The lowest BCUT2D eigenvalue weighted by molar-refractivity contribution is -0.121. The largest absolute Gasteiger partial charge is 0.380 e. The molecule has 1 aliphatic heterocycles. The summed E-state index contributed by atoms with van der Waals surface area (Å²) in [7, 11) is 3.94. The number of carbonyl (C=O) groups excluding carboxylic acids is 1. The molecule has 24 heavy (non-hydrogen) atoms. The fourth-order valence-electron chi connectivity index (χ4n) is 2.84. The number of hydrogen-bond donors (Lipinski definition) is 3. The second kappa shape index (κ2) is 9.20. The van der Waals surface area contributed by atoms with Crippen LogP contribution in [0.2, 0.25) is 5.02 Å². The van der Waals surface area contributed by atoms with Crippen LogP contribution in [-0.4, -0.2) is 56.6 Å². The topological polar surface area (TPSA) is 56.4 Å². The molecular weight excluding hydrogens is 331 g/mol. The van der Waals surface area contributed by atoms with Crippen LogP contribution in [0.15, 0.2) is 18.2 Å². The van der Waals surface area contributed by atoms with E-state index in [9.17, 15) is 9.18 Å². The van der Waals surface area contributed by atoms with Gasteiger partial charge in [-0.15, -0.1) is 0 Å². The fraction of sp³-hybridized carbons (Fsp3) is 0.588. The molecule has 2 atom stereocenters. The summed E-state index contributed by atoms with van der Waals surface area (Å²) in [5.74, 6) is -0.375. The van der Waals surface area contributed by atoms with Crippen LogP contribution >= 0.6 is 11.6 Å². The highest BCUT2D eigenvalue weighted by molar-refractivity contribution is 6.31. The molecule has 1 aliphatic rings. The Hall–Kier alpha value is -1.37. The SMILES string of the molecule is CN(C)CCNC(=O)CC1CC(Nc2cccc(Cl)c2F)CCN1. The van der Waals surface area contributed by atoms with E-state index >= 15 is 0 Å². The Labute approximate surface area is 147 Å². The highest BCUT2D eigenvalue weighted by Gasteiger charge is 2.24. The van der Waals surface area contributed by atoms with Crippen molar-refractivity contribution in [1.29, 1.82) is 0 Å². The van der Waals surface area contributed by atoms with Crippen LogP contribution in [0.1, 0.15) is 19.3 Å². The summed E-state index contributed by atoms with van der Waals surface area (Å²) in [6.45, 7) is 2.27. The van der Waals surface area contributed by atoms with E-state index in [1.165, 1.54) is 6.07 Å². The number of amides is 1. The number of benzene rings is 1. The number of rotatable bonds is 7. The Morgan fingerprint density at radius 3 is 3.00 bits per heavy atom. The Morgan fingerprint density at radius 2 is 2.25 bits per heavy atom. The van der Waals surface area contributed by atoms with Gasteiger partial charge in [0, 0.05) is 31.6 Å². The molecule has 0 aromatic heterocycles. The monoisotopic (exact) mass is 356 g/mol. The van der Waals surface area contributed by atoms with Gasteiger partial charge in [0.15, 0.2) is 5.82 Å². The molecule has 5 nitrogen and oxygen atoms in total. The van der Waals surface area contributed by atoms with E-state index < -0.39 is 5.82 Å². The van der Waals surface area contributed by atoms with Crippen LogP contribution in [0.5, 0.6) is 0 Å². The van der Waals surface area contributed by atoms with Crippen molar-refractivity contribution in [3.63, 3.8) is 0 Å². The quantitative estimate of drug-likeness (QED) is 0.700. The van der Waals surface area contributed by atoms with Crippen LogP contribution in [0, 0.1) is 5.82 Å². The lowest BCUT2D eigenvalue weighted by Gasteiger charge is -2.31. The van der Waals surface area contributed by atoms with E-state index in [1.807, 2.05) is 19.0 Å². The summed E-state index contributed by atoms with van der Waals surface area (Å²) in [5, 5.41) is 9.61. The average molecular weight is 357 g/mol. The van der Waals surface area contributed by atoms with Crippen molar-refractivity contribution in [2.75, 3.05) is 39.0 Å². The van der Waals surface area contributed by atoms with Gasteiger partial charge in [-0.05, 0) is 45.6 Å². The first-order valence-corrected chi connectivity index (χ1v) is 8.69. The van der Waals surface area contributed by atoms with E-state index in [0.29, 0.717) is 18.7 Å². The Kier molecular flexibility index (Phi) is 7.27. The molecule has 0 saturated carbocycles. The summed E-state index contributed by atoms with van der Waals surface area (Å²) in [5.41, 5.74) is 0.420. The predicted octanol–water partition coefficient (Wildman–Crippen LogP) is 2.08. The molecule has 2 unspecified atom stereocenters. The van der Waals surface area contributed by atoms with E-state index in [0.717, 1.165) is 25.9 Å². The van der Waals surface area contributed by atoms with Crippen molar-refractivity contribution in [3.05, 3.63) is 29.0 Å². The van der Waals surface area contributed by atoms with Gasteiger partial charge in [-0.3, -0.25) is 4.79 Å². The summed E-state index contributed by atoms with van der Waals surface area (Å²) in [6, 6.07) is 5.17. The van der Waals surface area contributed by atoms with Gasteiger partial charge in [-0.1, -0.05) is 17.7 Å². The van der Waals surface area contributed by atoms with E-state index in [2.05, 4.69) is 16.0 Å². The smallest absolute Gasteiger partial charge is 0.221 e. The van der Waals surface area contributed by atoms with Gasteiger partial charge in [0.05, 0.1) is 10.7 Å². The minimum atomic E-state index is -0.421. The molecule has 2 rings (SSSR count). The fourth-order valence-corrected chi connectivity index (χ4v) is 3.02. The van der Waals surface area contributed by atoms with Crippen LogP contribution in [-0.2, 0) is 4.79 Å². The van der Waals surface area contributed by atoms with Gasteiger partial charge in [0.25, 0.3) is 0 Å². The maximum Gasteiger partial charge on any atom is 0.221 e. The molecule has 1 amide bonds. The summed E-state index contributed by atoms with van der Waals surface area (Å²) in [6.07, 6.45) is 2.08. The molecule has 1 aromatic carbocycles. The number of halogens is 2. The first-order valence-electron chi connectivity index (χ1n) is 8.31. The van der Waals surface area contributed by atoms with Crippen molar-refractivity contribution in [3.8, 4) is 0 Å². The number of hydrogen-bond acceptors (Lipinski definition) is 4. The van der Waals surface area contributed by atoms with Crippen LogP contribution in [0.25, 0.3) is 0 Å². The first kappa shape index (κ1) is 19.0. The molecule has 134 valence electrons. The third-order valence-corrected chi connectivity index (χ3v) is 4.41. The molecule has 1 saturated heterocycles. The van der Waals surface area contributed by atoms with Gasteiger partial charge in [-0.25, -0.2) is 4.39 Å². The zero-order chi connectivity index (χ0) is 17.5. The molecule has 7 heteroatoms. The van der Waals surface area contributed by atoms with Gasteiger partial charge < -0.3 is 20.9 Å². The molecule has 1 fully saturated rings. The third kappa shape index (κ3) is 5.92. The second-order valence-corrected chi connectivity index (χ2v) is 6.88. The molecule has 1 heterocycles. The lowest BCUT2D eigenvalue weighted by Crippen LogP contribution is -2.46. The number of likely N-dealkylation sites (N-methyl/N-ethyl adjacent to an activating group) is 1. The van der Waals surface area contributed by atoms with Crippen molar-refractivity contribution in [2.45, 2.75) is 31.3 Å². The van der Waals surface area contributed by atoms with Crippen LogP contribution in [0.3, 0.4) is 0 Å². The van der Waals surface area contributed by atoms with Crippen LogP contribution < -0.4 is 16.0 Å². The Balaban J connectivity index is 1.81. The van der Waals surface area contributed by atoms with Gasteiger partial charge in [0.1, 0.15) is 0 Å². The lowest BCUT2D eigenvalue weighted by atomic mass is 9.96. The van der Waals surface area contributed by atoms with Crippen LogP contribution in [0.4, 0.5) is 10.1 Å². The highest BCUT2D eigenvalue weighted by atomic mass is 35.5. The molecule has 0 bridgehead atoms. The van der Waals surface area contributed by atoms with Crippen molar-refractivity contribution < 1.29 is 9.18 Å². The summed E-state index contributed by atoms with van der Waals surface area (Å²) >= 11 is 5.82. The van der Waals surface area contributed by atoms with Gasteiger partial charge >= 0.3 is 0 Å².